The number of amides is 1. The minimum absolute atomic E-state index is 0.0343. The lowest BCUT2D eigenvalue weighted by Gasteiger charge is -2.18. The van der Waals surface area contributed by atoms with Gasteiger partial charge in [0.25, 0.3) is 0 Å². The van der Waals surface area contributed by atoms with Gasteiger partial charge < -0.3 is 10.1 Å². The van der Waals surface area contributed by atoms with Crippen LogP contribution in [0.2, 0.25) is 0 Å². The summed E-state index contributed by atoms with van der Waals surface area (Å²) in [4.78, 5) is 13.2. The Labute approximate surface area is 198 Å². The van der Waals surface area contributed by atoms with Crippen molar-refractivity contribution in [3.63, 3.8) is 0 Å². The Morgan fingerprint density at radius 1 is 0.939 bits per heavy atom. The third-order valence-electron chi connectivity index (χ3n) is 5.39. The summed E-state index contributed by atoms with van der Waals surface area (Å²) >= 11 is 1.53. The summed E-state index contributed by atoms with van der Waals surface area (Å²) in [6.45, 7) is 0.456. The third kappa shape index (κ3) is 5.26. The molecule has 6 nitrogen and oxygen atoms in total. The van der Waals surface area contributed by atoms with Crippen molar-refractivity contribution in [2.24, 2.45) is 0 Å². The van der Waals surface area contributed by atoms with Gasteiger partial charge in [0, 0.05) is 18.7 Å². The van der Waals surface area contributed by atoms with Crippen molar-refractivity contribution in [2.75, 3.05) is 19.9 Å². The van der Waals surface area contributed by atoms with Gasteiger partial charge in [0.05, 0.1) is 13.0 Å². The van der Waals surface area contributed by atoms with E-state index in [2.05, 4.69) is 15.5 Å². The van der Waals surface area contributed by atoms with Crippen LogP contribution in [0, 0.1) is 0 Å². The number of nitrogens with zero attached hydrogens (tertiary/aromatic N) is 3. The van der Waals surface area contributed by atoms with Crippen molar-refractivity contribution < 1.29 is 9.53 Å². The Morgan fingerprint density at radius 2 is 1.55 bits per heavy atom. The molecular formula is C26H26N4O2S. The van der Waals surface area contributed by atoms with Gasteiger partial charge in [-0.15, -0.1) is 10.2 Å². The quantitative estimate of drug-likeness (QED) is 0.374. The highest BCUT2D eigenvalue weighted by Gasteiger charge is 2.22. The van der Waals surface area contributed by atoms with Crippen LogP contribution in [0.5, 0.6) is 5.75 Å². The summed E-state index contributed by atoms with van der Waals surface area (Å²) < 4.78 is 7.28. The topological polar surface area (TPSA) is 69.0 Å². The average Bonchev–Trinajstić information content (AvgIpc) is 3.28. The summed E-state index contributed by atoms with van der Waals surface area (Å²) in [7, 11) is 1.65. The molecule has 0 radical (unpaired) electrons. The number of methoxy groups -OCH3 is 1. The second kappa shape index (κ2) is 10.8. The van der Waals surface area contributed by atoms with Gasteiger partial charge in [-0.25, -0.2) is 0 Å². The highest BCUT2D eigenvalue weighted by Crippen LogP contribution is 2.25. The van der Waals surface area contributed by atoms with Crippen LogP contribution in [0.4, 0.5) is 0 Å². The summed E-state index contributed by atoms with van der Waals surface area (Å²) in [5.41, 5.74) is 2.89. The van der Waals surface area contributed by atoms with Crippen molar-refractivity contribution in [1.82, 2.24) is 20.1 Å². The molecule has 0 aliphatic heterocycles. The minimum Gasteiger partial charge on any atom is -0.497 e. The molecule has 0 aliphatic carbocycles. The van der Waals surface area contributed by atoms with E-state index in [-0.39, 0.29) is 11.8 Å². The van der Waals surface area contributed by atoms with Crippen molar-refractivity contribution in [1.29, 1.82) is 0 Å². The number of nitrogens with one attached hydrogen (secondary N) is 1. The van der Waals surface area contributed by atoms with E-state index in [0.29, 0.717) is 13.0 Å². The third-order valence-corrected chi connectivity index (χ3v) is 6.02. The van der Waals surface area contributed by atoms with Crippen LogP contribution in [-0.2, 0) is 11.2 Å². The number of benzene rings is 3. The number of carbonyl (C=O) groups excluding carboxylic acids is 1. The Balaban J connectivity index is 1.50. The van der Waals surface area contributed by atoms with Crippen molar-refractivity contribution >= 4 is 17.7 Å². The van der Waals surface area contributed by atoms with Gasteiger partial charge in [-0.3, -0.25) is 9.36 Å². The van der Waals surface area contributed by atoms with E-state index in [1.54, 1.807) is 7.11 Å². The number of hydrogen-bond donors (Lipinski definition) is 1. The van der Waals surface area contributed by atoms with Crippen molar-refractivity contribution in [3.05, 3.63) is 102 Å². The van der Waals surface area contributed by atoms with E-state index < -0.39 is 0 Å². The number of aromatic nitrogens is 3. The van der Waals surface area contributed by atoms with Crippen LogP contribution >= 0.6 is 11.8 Å². The van der Waals surface area contributed by atoms with Crippen molar-refractivity contribution in [2.45, 2.75) is 17.5 Å². The number of ether oxygens (including phenoxy) is 1. The maximum Gasteiger partial charge on any atom is 0.232 e. The molecule has 4 aromatic rings. The number of carbonyl (C=O) groups is 1. The number of hydrogen-bond acceptors (Lipinski definition) is 5. The van der Waals surface area contributed by atoms with E-state index in [9.17, 15) is 4.79 Å². The summed E-state index contributed by atoms with van der Waals surface area (Å²) in [6, 6.07) is 27.5. The van der Waals surface area contributed by atoms with Crippen molar-refractivity contribution in [3.8, 4) is 11.4 Å². The SMILES string of the molecule is COc1ccc(-n2c(CCNC(=O)C(c3ccccc3)c3ccccc3)nnc2SC)cc1. The first-order valence-corrected chi connectivity index (χ1v) is 11.9. The number of thioether (sulfide) groups is 1. The standard InChI is InChI=1S/C26H26N4O2S/c1-32-22-15-13-21(14-16-22)30-23(28-29-26(30)33-2)17-18-27-25(31)24(19-9-5-3-6-10-19)20-11-7-4-8-12-20/h3-16,24H,17-18H2,1-2H3,(H,27,31). The van der Waals surface area contributed by atoms with E-state index in [0.717, 1.165) is 33.5 Å². The van der Waals surface area contributed by atoms with Crippen LogP contribution in [0.3, 0.4) is 0 Å². The highest BCUT2D eigenvalue weighted by atomic mass is 32.2. The summed E-state index contributed by atoms with van der Waals surface area (Å²) in [6.07, 6.45) is 2.53. The van der Waals surface area contributed by atoms with E-state index in [1.807, 2.05) is 95.8 Å². The van der Waals surface area contributed by atoms with Crippen LogP contribution in [0.1, 0.15) is 22.9 Å². The first-order valence-electron chi connectivity index (χ1n) is 10.7. The smallest absolute Gasteiger partial charge is 0.232 e. The molecule has 4 rings (SSSR count). The second-order valence-electron chi connectivity index (χ2n) is 7.43. The Morgan fingerprint density at radius 3 is 2.09 bits per heavy atom. The number of rotatable bonds is 9. The lowest BCUT2D eigenvalue weighted by Crippen LogP contribution is -2.32. The molecule has 1 aromatic heterocycles. The zero-order valence-electron chi connectivity index (χ0n) is 18.6. The lowest BCUT2D eigenvalue weighted by atomic mass is 9.90. The fraction of sp³-hybridized carbons (Fsp3) is 0.192. The normalized spacial score (nSPS) is 10.9. The molecule has 0 bridgehead atoms. The minimum atomic E-state index is -0.367. The Bertz CT molecular complexity index is 1140. The molecule has 1 amide bonds. The molecule has 1 N–H and O–H groups in total. The van der Waals surface area contributed by atoms with Gasteiger partial charge in [-0.2, -0.15) is 0 Å². The summed E-state index contributed by atoms with van der Waals surface area (Å²) in [5, 5.41) is 12.6. The van der Waals surface area contributed by atoms with Crippen LogP contribution in [-0.4, -0.2) is 40.6 Å². The highest BCUT2D eigenvalue weighted by molar-refractivity contribution is 7.98. The molecule has 0 unspecified atom stereocenters. The van der Waals surface area contributed by atoms with E-state index in [1.165, 1.54) is 11.8 Å². The van der Waals surface area contributed by atoms with Crippen LogP contribution in [0.25, 0.3) is 5.69 Å². The van der Waals surface area contributed by atoms with Gasteiger partial charge in [0.15, 0.2) is 5.16 Å². The molecule has 0 aliphatic rings. The first-order chi connectivity index (χ1) is 16.2. The predicted octanol–water partition coefficient (Wildman–Crippen LogP) is 4.49. The molecule has 7 heteroatoms. The van der Waals surface area contributed by atoms with E-state index >= 15 is 0 Å². The fourth-order valence-electron chi connectivity index (χ4n) is 3.77. The van der Waals surface area contributed by atoms with Gasteiger partial charge >= 0.3 is 0 Å². The zero-order valence-corrected chi connectivity index (χ0v) is 19.5. The van der Waals surface area contributed by atoms with Gasteiger partial charge in [-0.05, 0) is 41.6 Å². The molecule has 0 atom stereocenters. The molecule has 168 valence electrons. The molecule has 3 aromatic carbocycles. The molecule has 1 heterocycles. The molecule has 0 saturated carbocycles. The predicted molar refractivity (Wildman–Crippen MR) is 131 cm³/mol. The second-order valence-corrected chi connectivity index (χ2v) is 8.21. The molecule has 0 saturated heterocycles. The first kappa shape index (κ1) is 22.6. The lowest BCUT2D eigenvalue weighted by molar-refractivity contribution is -0.121. The maximum atomic E-state index is 13.2. The van der Waals surface area contributed by atoms with Crippen LogP contribution in [0.15, 0.2) is 90.1 Å². The summed E-state index contributed by atoms with van der Waals surface area (Å²) in [5.74, 6) is 1.18. The largest absolute Gasteiger partial charge is 0.497 e. The fourth-order valence-corrected chi connectivity index (χ4v) is 4.29. The molecule has 0 fully saturated rings. The zero-order chi connectivity index (χ0) is 23.0. The Kier molecular flexibility index (Phi) is 7.42. The maximum absolute atomic E-state index is 13.2. The van der Waals surface area contributed by atoms with Gasteiger partial charge in [-0.1, -0.05) is 72.4 Å². The molecular weight excluding hydrogens is 432 g/mol. The van der Waals surface area contributed by atoms with Gasteiger partial charge in [0.1, 0.15) is 11.6 Å². The average molecular weight is 459 g/mol. The monoisotopic (exact) mass is 458 g/mol. The van der Waals surface area contributed by atoms with Gasteiger partial charge in [0.2, 0.25) is 5.91 Å². The molecule has 0 spiro atoms. The van der Waals surface area contributed by atoms with E-state index in [4.69, 9.17) is 4.74 Å². The Hall–Kier alpha value is -3.58. The molecule has 33 heavy (non-hydrogen) atoms. The van der Waals surface area contributed by atoms with Crippen LogP contribution < -0.4 is 10.1 Å².